The van der Waals surface area contributed by atoms with Gasteiger partial charge in [0.25, 0.3) is 23.6 Å². The smallest absolute Gasteiger partial charge is 0.255 e. The number of hydrogen-bond acceptors (Lipinski definition) is 11. The summed E-state index contributed by atoms with van der Waals surface area (Å²) in [7, 11) is 3.71. The molecule has 4 amide bonds. The van der Waals surface area contributed by atoms with E-state index < -0.39 is 0 Å². The number of phenolic OH excluding ortho intramolecular Hbond substituents is 1. The molecule has 0 saturated carbocycles. The molecule has 1 aromatic heterocycles. The number of aromatic hydroxyl groups is 1. The zero-order valence-electron chi connectivity index (χ0n) is 39.7. The molecule has 360 valence electrons. The molecule has 4 aromatic carbocycles. The van der Waals surface area contributed by atoms with Gasteiger partial charge in [-0.15, -0.1) is 0 Å². The van der Waals surface area contributed by atoms with Crippen molar-refractivity contribution in [3.63, 3.8) is 0 Å². The molecule has 0 fully saturated rings. The molecule has 0 unspecified atom stereocenters. The molecule has 4 N–H and O–H groups in total. The number of carbonyl (C=O) groups excluding carboxylic acids is 4. The summed E-state index contributed by atoms with van der Waals surface area (Å²) in [5.74, 6) is -0.894. The van der Waals surface area contributed by atoms with E-state index in [0.717, 1.165) is 43.6 Å². The van der Waals surface area contributed by atoms with Crippen molar-refractivity contribution in [2.45, 2.75) is 39.2 Å². The monoisotopic (exact) mass is 927 g/mol. The summed E-state index contributed by atoms with van der Waals surface area (Å²) < 4.78 is 16.8. The maximum atomic E-state index is 13.9. The van der Waals surface area contributed by atoms with Gasteiger partial charge in [0.05, 0.1) is 57.1 Å². The van der Waals surface area contributed by atoms with Crippen molar-refractivity contribution < 1.29 is 38.5 Å². The number of phenols is 1. The van der Waals surface area contributed by atoms with Crippen LogP contribution in [0.4, 0.5) is 11.4 Å². The first-order valence-corrected chi connectivity index (χ1v) is 23.4. The Bertz CT molecular complexity index is 2440. The number of benzene rings is 4. The number of carbonyl (C=O) groups is 4. The Morgan fingerprint density at radius 2 is 1.40 bits per heavy atom. The Morgan fingerprint density at radius 3 is 2.16 bits per heavy atom. The molecule has 0 spiro atoms. The summed E-state index contributed by atoms with van der Waals surface area (Å²) in [5.41, 5.74) is 6.80. The molecule has 1 atom stereocenters. The van der Waals surface area contributed by atoms with E-state index in [9.17, 15) is 24.3 Å². The van der Waals surface area contributed by atoms with Gasteiger partial charge in [-0.05, 0) is 124 Å². The lowest BCUT2D eigenvalue weighted by atomic mass is 9.87. The van der Waals surface area contributed by atoms with Gasteiger partial charge in [0.2, 0.25) is 0 Å². The summed E-state index contributed by atoms with van der Waals surface area (Å²) in [5, 5.41) is 18.4. The van der Waals surface area contributed by atoms with Gasteiger partial charge in [-0.25, -0.2) is 0 Å². The number of ether oxygens (including phenoxy) is 3. The molecule has 0 bridgehead atoms. The number of aromatic nitrogens is 1. The van der Waals surface area contributed by atoms with Gasteiger partial charge < -0.3 is 50.0 Å². The number of amides is 4. The highest BCUT2D eigenvalue weighted by Gasteiger charge is 2.23. The molecule has 0 aliphatic heterocycles. The van der Waals surface area contributed by atoms with E-state index in [2.05, 4.69) is 56.7 Å². The zero-order valence-corrected chi connectivity index (χ0v) is 39.7. The van der Waals surface area contributed by atoms with Crippen molar-refractivity contribution in [3.05, 3.63) is 143 Å². The van der Waals surface area contributed by atoms with Gasteiger partial charge in [-0.3, -0.25) is 24.2 Å². The van der Waals surface area contributed by atoms with Crippen LogP contribution in [0.3, 0.4) is 0 Å². The highest BCUT2D eigenvalue weighted by atomic mass is 16.5. The Labute approximate surface area is 399 Å². The minimum atomic E-state index is -0.381. The van der Waals surface area contributed by atoms with E-state index in [-0.39, 0.29) is 35.4 Å². The fourth-order valence-corrected chi connectivity index (χ4v) is 7.96. The standard InChI is InChI=1S/C53H65N7O8/c1-5-60(6-2)43-19-22-48(46(37-43)49-36-41(23-24-54-49)52(64)56-47-16-10-12-38-11-7-8-15-45(38)47)57-51(63)40-13-9-14-42(35-40)53(65)59(4)27-26-58(3)28-30-67-32-34-68-33-31-66-29-25-55-50(62)39-17-20-44(61)21-18-39/h7-9,11,13-15,17-24,35-37,47,61H,5-6,10,12,16,25-34H2,1-4H3,(H,55,62)(H,56,64)(H,57,63)/t47-/m0/s1. The third-order valence-electron chi connectivity index (χ3n) is 11.9. The van der Waals surface area contributed by atoms with Crippen molar-refractivity contribution in [2.24, 2.45) is 0 Å². The molecule has 6 rings (SSSR count). The van der Waals surface area contributed by atoms with E-state index in [4.69, 9.17) is 14.2 Å². The predicted octanol–water partition coefficient (Wildman–Crippen LogP) is 6.84. The first kappa shape index (κ1) is 50.8. The van der Waals surface area contributed by atoms with Gasteiger partial charge in [0.1, 0.15) is 5.75 Å². The number of rotatable bonds is 25. The minimum absolute atomic E-state index is 0.0720. The molecule has 1 heterocycles. The summed E-state index contributed by atoms with van der Waals surface area (Å²) in [4.78, 5) is 63.9. The maximum absolute atomic E-state index is 13.9. The van der Waals surface area contributed by atoms with Crippen molar-refractivity contribution in [2.75, 3.05) is 103 Å². The Hall–Kier alpha value is -6.65. The van der Waals surface area contributed by atoms with Crippen molar-refractivity contribution >= 4 is 35.0 Å². The highest BCUT2D eigenvalue weighted by Crippen LogP contribution is 2.33. The minimum Gasteiger partial charge on any atom is -0.508 e. The predicted molar refractivity (Wildman–Crippen MR) is 265 cm³/mol. The van der Waals surface area contributed by atoms with Crippen LogP contribution in [0.25, 0.3) is 11.3 Å². The number of nitrogens with one attached hydrogen (secondary N) is 3. The third kappa shape index (κ3) is 14.7. The van der Waals surface area contributed by atoms with Gasteiger partial charge in [0.15, 0.2) is 0 Å². The van der Waals surface area contributed by atoms with Gasteiger partial charge in [-0.1, -0.05) is 30.3 Å². The molecule has 15 heteroatoms. The highest BCUT2D eigenvalue weighted by molar-refractivity contribution is 6.08. The number of likely N-dealkylation sites (N-methyl/N-ethyl adjacent to an activating group) is 2. The number of pyridine rings is 1. The number of nitrogens with zero attached hydrogens (tertiary/aromatic N) is 4. The van der Waals surface area contributed by atoms with Crippen LogP contribution in [-0.4, -0.2) is 137 Å². The number of fused-ring (bicyclic) bond motifs is 1. The summed E-state index contributed by atoms with van der Waals surface area (Å²) >= 11 is 0. The average Bonchev–Trinajstić information content (AvgIpc) is 3.36. The van der Waals surface area contributed by atoms with Gasteiger partial charge in [0, 0.05) is 86.0 Å². The van der Waals surface area contributed by atoms with Crippen molar-refractivity contribution in [3.8, 4) is 17.0 Å². The molecule has 1 aliphatic carbocycles. The Balaban J connectivity index is 0.948. The van der Waals surface area contributed by atoms with Crippen LogP contribution in [0.2, 0.25) is 0 Å². The topological polar surface area (TPSA) is 175 Å². The zero-order chi connectivity index (χ0) is 48.3. The second-order valence-electron chi connectivity index (χ2n) is 16.7. The molecular formula is C53H65N7O8. The Kier molecular flexibility index (Phi) is 19.4. The quantitative estimate of drug-likeness (QED) is 0.0451. The molecule has 5 aromatic rings. The average molecular weight is 928 g/mol. The van der Waals surface area contributed by atoms with Crippen LogP contribution in [0.1, 0.15) is 85.3 Å². The van der Waals surface area contributed by atoms with Crippen molar-refractivity contribution in [1.82, 2.24) is 25.4 Å². The number of aryl methyl sites for hydroxylation is 1. The number of anilines is 2. The summed E-state index contributed by atoms with van der Waals surface area (Å²) in [6.45, 7) is 10.3. The van der Waals surface area contributed by atoms with E-state index in [1.807, 2.05) is 37.4 Å². The Morgan fingerprint density at radius 1 is 0.691 bits per heavy atom. The fraction of sp³-hybridized carbons (Fsp3) is 0.377. The van der Waals surface area contributed by atoms with Crippen LogP contribution in [0.5, 0.6) is 5.75 Å². The second-order valence-corrected chi connectivity index (χ2v) is 16.7. The lowest BCUT2D eigenvalue weighted by Gasteiger charge is -2.26. The SMILES string of the molecule is CCN(CC)c1ccc(NC(=O)c2cccc(C(=O)N(C)CCN(C)CCOCCOCCOCCNC(=O)c3ccc(O)cc3)c2)c(-c2cc(C(=O)N[C@H]3CCCc4ccccc43)ccn2)c1. The summed E-state index contributed by atoms with van der Waals surface area (Å²) in [6, 6.07) is 30.2. The normalized spacial score (nSPS) is 13.1. The van der Waals surface area contributed by atoms with Crippen LogP contribution in [0.15, 0.2) is 109 Å². The van der Waals surface area contributed by atoms with Crippen LogP contribution < -0.4 is 20.9 Å². The maximum Gasteiger partial charge on any atom is 0.255 e. The van der Waals surface area contributed by atoms with Gasteiger partial charge >= 0.3 is 0 Å². The van der Waals surface area contributed by atoms with E-state index >= 15 is 0 Å². The molecule has 68 heavy (non-hydrogen) atoms. The second kappa shape index (κ2) is 26.0. The van der Waals surface area contributed by atoms with Crippen LogP contribution >= 0.6 is 0 Å². The van der Waals surface area contributed by atoms with E-state index in [0.29, 0.717) is 105 Å². The third-order valence-corrected chi connectivity index (χ3v) is 11.9. The fourth-order valence-electron chi connectivity index (χ4n) is 7.96. The van der Waals surface area contributed by atoms with E-state index in [1.54, 1.807) is 66.7 Å². The van der Waals surface area contributed by atoms with Crippen molar-refractivity contribution in [1.29, 1.82) is 0 Å². The van der Waals surface area contributed by atoms with Crippen LogP contribution in [0, 0.1) is 0 Å². The van der Waals surface area contributed by atoms with E-state index in [1.165, 1.54) is 17.7 Å². The van der Waals surface area contributed by atoms with Crippen LogP contribution in [-0.2, 0) is 20.6 Å². The molecule has 1 aliphatic rings. The first-order chi connectivity index (χ1) is 33.0. The largest absolute Gasteiger partial charge is 0.508 e. The lowest BCUT2D eigenvalue weighted by Crippen LogP contribution is -2.36. The van der Waals surface area contributed by atoms with Gasteiger partial charge in [-0.2, -0.15) is 0 Å². The molecular weight excluding hydrogens is 863 g/mol. The first-order valence-electron chi connectivity index (χ1n) is 23.4. The summed E-state index contributed by atoms with van der Waals surface area (Å²) in [6.07, 6.45) is 4.50. The molecule has 0 saturated heterocycles. The molecule has 15 nitrogen and oxygen atoms in total. The lowest BCUT2D eigenvalue weighted by molar-refractivity contribution is 0.0119. The molecule has 0 radical (unpaired) electrons. The number of hydrogen-bond donors (Lipinski definition) is 4.